The van der Waals surface area contributed by atoms with Crippen molar-refractivity contribution in [2.24, 2.45) is 7.05 Å². The summed E-state index contributed by atoms with van der Waals surface area (Å²) < 4.78 is 3.42. The van der Waals surface area contributed by atoms with Crippen LogP contribution < -0.4 is 11.0 Å². The summed E-state index contributed by atoms with van der Waals surface area (Å²) in [7, 11) is 1.74. The fourth-order valence-electron chi connectivity index (χ4n) is 4.46. The van der Waals surface area contributed by atoms with Crippen molar-refractivity contribution >= 4 is 11.7 Å². The molecular weight excluding hydrogens is 354 g/mol. The number of piperidine rings is 1. The number of anilines is 1. The minimum Gasteiger partial charge on any atom is -0.324 e. The molecule has 1 aliphatic carbocycles. The van der Waals surface area contributed by atoms with E-state index in [0.717, 1.165) is 37.2 Å². The van der Waals surface area contributed by atoms with Crippen LogP contribution in [-0.2, 0) is 7.05 Å². The molecular formula is C21H29N5O2. The molecule has 0 bridgehead atoms. The van der Waals surface area contributed by atoms with Crippen molar-refractivity contribution in [3.63, 3.8) is 0 Å². The second-order valence-electron chi connectivity index (χ2n) is 8.13. The number of carbonyl (C=O) groups excluding carboxylic acids is 1. The number of likely N-dealkylation sites (tertiary alicyclic amines) is 1. The highest BCUT2D eigenvalue weighted by Gasteiger charge is 2.31. The van der Waals surface area contributed by atoms with Gasteiger partial charge in [-0.25, -0.2) is 14.3 Å². The molecule has 1 aromatic heterocycles. The molecule has 2 aliphatic rings. The number of nitrogens with zero attached hydrogens (tertiary/aromatic N) is 4. The van der Waals surface area contributed by atoms with Crippen LogP contribution in [0.25, 0.3) is 0 Å². The Morgan fingerprint density at radius 1 is 1.07 bits per heavy atom. The number of aryl methyl sites for hydroxylation is 2. The molecule has 0 radical (unpaired) electrons. The lowest BCUT2D eigenvalue weighted by Gasteiger charge is -2.32. The third kappa shape index (κ3) is 3.70. The van der Waals surface area contributed by atoms with Gasteiger partial charge < -0.3 is 10.2 Å². The number of nitrogens with one attached hydrogen (secondary N) is 1. The van der Waals surface area contributed by atoms with Crippen molar-refractivity contribution in [2.45, 2.75) is 57.4 Å². The van der Waals surface area contributed by atoms with Crippen molar-refractivity contribution in [1.29, 1.82) is 0 Å². The molecule has 4 rings (SSSR count). The van der Waals surface area contributed by atoms with Crippen LogP contribution in [-0.4, -0.2) is 38.4 Å². The maximum absolute atomic E-state index is 12.6. The van der Waals surface area contributed by atoms with Crippen molar-refractivity contribution in [1.82, 2.24) is 19.2 Å². The molecule has 7 heteroatoms. The van der Waals surface area contributed by atoms with Crippen LogP contribution in [0.2, 0.25) is 0 Å². The predicted octanol–water partition coefficient (Wildman–Crippen LogP) is 3.42. The zero-order valence-corrected chi connectivity index (χ0v) is 16.7. The van der Waals surface area contributed by atoms with Crippen molar-refractivity contribution in [3.8, 4) is 0 Å². The number of urea groups is 1. The first-order chi connectivity index (χ1) is 13.5. The molecule has 2 fully saturated rings. The molecule has 0 spiro atoms. The van der Waals surface area contributed by atoms with Crippen molar-refractivity contribution in [2.75, 3.05) is 18.4 Å². The van der Waals surface area contributed by atoms with E-state index in [-0.39, 0.29) is 17.6 Å². The van der Waals surface area contributed by atoms with Crippen LogP contribution in [0.3, 0.4) is 0 Å². The number of carbonyl (C=O) groups is 1. The van der Waals surface area contributed by atoms with Crippen LogP contribution in [0.1, 0.15) is 61.9 Å². The van der Waals surface area contributed by atoms with Crippen molar-refractivity contribution in [3.05, 3.63) is 46.1 Å². The second kappa shape index (κ2) is 7.81. The van der Waals surface area contributed by atoms with Gasteiger partial charge in [-0.1, -0.05) is 30.5 Å². The van der Waals surface area contributed by atoms with Gasteiger partial charge in [0.2, 0.25) is 0 Å². The van der Waals surface area contributed by atoms with Crippen LogP contribution in [0.4, 0.5) is 10.5 Å². The van der Waals surface area contributed by atoms with E-state index in [1.807, 2.05) is 40.7 Å². The van der Waals surface area contributed by atoms with Gasteiger partial charge in [-0.3, -0.25) is 4.57 Å². The Labute approximate surface area is 165 Å². The van der Waals surface area contributed by atoms with Gasteiger partial charge >= 0.3 is 11.7 Å². The number of hydrogen-bond acceptors (Lipinski definition) is 3. The van der Waals surface area contributed by atoms with E-state index in [9.17, 15) is 9.59 Å². The number of rotatable bonds is 3. The van der Waals surface area contributed by atoms with Crippen LogP contribution in [0.15, 0.2) is 29.1 Å². The SMILES string of the molecule is Cc1ccc(NC(=O)N2CCC(c3nn(C)c(=O)n3C3CCCC3)CC2)cc1. The van der Waals surface area contributed by atoms with Crippen molar-refractivity contribution < 1.29 is 4.79 Å². The summed E-state index contributed by atoms with van der Waals surface area (Å²) in [6.45, 7) is 3.38. The standard InChI is InChI=1S/C21H29N5O2/c1-15-7-9-17(10-8-15)22-20(27)25-13-11-16(12-14-25)19-23-24(2)21(28)26(19)18-5-3-4-6-18/h7-10,16,18H,3-6,11-14H2,1-2H3,(H,22,27). The Kier molecular flexibility index (Phi) is 5.24. The van der Waals surface area contributed by atoms with Gasteiger partial charge in [-0.05, 0) is 44.7 Å². The minimum absolute atomic E-state index is 0.00134. The lowest BCUT2D eigenvalue weighted by atomic mass is 9.95. The fourth-order valence-corrected chi connectivity index (χ4v) is 4.46. The fraction of sp³-hybridized carbons (Fsp3) is 0.571. The molecule has 150 valence electrons. The Morgan fingerprint density at radius 2 is 1.71 bits per heavy atom. The maximum atomic E-state index is 12.6. The van der Waals surface area contributed by atoms with E-state index >= 15 is 0 Å². The smallest absolute Gasteiger partial charge is 0.324 e. The number of amides is 2. The topological polar surface area (TPSA) is 72.2 Å². The Bertz CT molecular complexity index is 885. The largest absolute Gasteiger partial charge is 0.345 e. The third-order valence-corrected chi connectivity index (χ3v) is 6.12. The van der Waals surface area contributed by atoms with Gasteiger partial charge in [-0.15, -0.1) is 0 Å². The van der Waals surface area contributed by atoms with E-state index in [4.69, 9.17) is 0 Å². The van der Waals surface area contributed by atoms with E-state index in [0.29, 0.717) is 19.1 Å². The molecule has 2 amide bonds. The summed E-state index contributed by atoms with van der Waals surface area (Å²) in [5, 5.41) is 7.55. The van der Waals surface area contributed by atoms with E-state index in [1.54, 1.807) is 7.05 Å². The van der Waals surface area contributed by atoms with Crippen LogP contribution in [0, 0.1) is 6.92 Å². The summed E-state index contributed by atoms with van der Waals surface area (Å²) in [5.41, 5.74) is 1.99. The van der Waals surface area contributed by atoms with E-state index in [1.165, 1.54) is 23.1 Å². The normalized spacial score (nSPS) is 18.6. The molecule has 0 unspecified atom stereocenters. The number of benzene rings is 1. The summed E-state index contributed by atoms with van der Waals surface area (Å²) in [6, 6.07) is 8.06. The van der Waals surface area contributed by atoms with Gasteiger partial charge in [-0.2, -0.15) is 5.10 Å². The number of hydrogen-bond donors (Lipinski definition) is 1. The lowest BCUT2D eigenvalue weighted by molar-refractivity contribution is 0.192. The molecule has 1 N–H and O–H groups in total. The molecule has 1 aromatic carbocycles. The van der Waals surface area contributed by atoms with E-state index in [2.05, 4.69) is 10.4 Å². The van der Waals surface area contributed by atoms with Gasteiger partial charge in [0, 0.05) is 37.8 Å². The molecule has 2 aromatic rings. The van der Waals surface area contributed by atoms with Gasteiger partial charge in [0.1, 0.15) is 5.82 Å². The van der Waals surface area contributed by atoms with E-state index < -0.39 is 0 Å². The summed E-state index contributed by atoms with van der Waals surface area (Å²) in [6.07, 6.45) is 6.17. The summed E-state index contributed by atoms with van der Waals surface area (Å²) in [5.74, 6) is 1.15. The van der Waals surface area contributed by atoms with Gasteiger partial charge in [0.25, 0.3) is 0 Å². The molecule has 2 heterocycles. The summed E-state index contributed by atoms with van der Waals surface area (Å²) >= 11 is 0. The zero-order valence-electron chi connectivity index (χ0n) is 16.7. The summed E-state index contributed by atoms with van der Waals surface area (Å²) in [4.78, 5) is 27.0. The average molecular weight is 383 g/mol. The predicted molar refractivity (Wildman–Crippen MR) is 109 cm³/mol. The molecule has 1 saturated carbocycles. The van der Waals surface area contributed by atoms with Crippen LogP contribution in [0.5, 0.6) is 0 Å². The molecule has 7 nitrogen and oxygen atoms in total. The molecule has 28 heavy (non-hydrogen) atoms. The lowest BCUT2D eigenvalue weighted by Crippen LogP contribution is -2.41. The molecule has 1 aliphatic heterocycles. The quantitative estimate of drug-likeness (QED) is 0.883. The first-order valence-electron chi connectivity index (χ1n) is 10.3. The third-order valence-electron chi connectivity index (χ3n) is 6.12. The highest BCUT2D eigenvalue weighted by molar-refractivity contribution is 5.89. The monoisotopic (exact) mass is 383 g/mol. The first kappa shape index (κ1) is 18.8. The average Bonchev–Trinajstić information content (AvgIpc) is 3.32. The minimum atomic E-state index is -0.0588. The zero-order chi connectivity index (χ0) is 19.7. The van der Waals surface area contributed by atoms with Gasteiger partial charge in [0.15, 0.2) is 0 Å². The van der Waals surface area contributed by atoms with Gasteiger partial charge in [0.05, 0.1) is 0 Å². The highest BCUT2D eigenvalue weighted by Crippen LogP contribution is 2.33. The second-order valence-corrected chi connectivity index (χ2v) is 8.13. The Hall–Kier alpha value is -2.57. The molecule has 0 atom stereocenters. The first-order valence-corrected chi connectivity index (χ1v) is 10.3. The number of aromatic nitrogens is 3. The molecule has 1 saturated heterocycles. The Morgan fingerprint density at radius 3 is 2.36 bits per heavy atom. The highest BCUT2D eigenvalue weighted by atomic mass is 16.2. The maximum Gasteiger partial charge on any atom is 0.345 e. The Balaban J connectivity index is 1.41. The van der Waals surface area contributed by atoms with Crippen LogP contribution >= 0.6 is 0 Å².